The Morgan fingerprint density at radius 2 is 2.27 bits per heavy atom. The highest BCUT2D eigenvalue weighted by Gasteiger charge is 2.42. The van der Waals surface area contributed by atoms with Crippen molar-refractivity contribution >= 4 is 17.6 Å². The van der Waals surface area contributed by atoms with Gasteiger partial charge in [-0.15, -0.1) is 11.6 Å². The van der Waals surface area contributed by atoms with E-state index in [1.807, 2.05) is 0 Å². The number of aliphatic hydroxyl groups is 1. The quantitative estimate of drug-likeness (QED) is 0.479. The molecule has 1 rings (SSSR count). The van der Waals surface area contributed by atoms with Crippen molar-refractivity contribution in [3.05, 3.63) is 0 Å². The topological polar surface area (TPSA) is 46.5 Å². The van der Waals surface area contributed by atoms with E-state index < -0.39 is 11.2 Å². The molecule has 0 amide bonds. The Bertz CT molecular complexity index is 173. The van der Waals surface area contributed by atoms with Gasteiger partial charge in [0.25, 0.3) is 0 Å². The van der Waals surface area contributed by atoms with Crippen LogP contribution in [0.1, 0.15) is 20.3 Å². The number of alkyl halides is 1. The number of carbonyl (C=O) groups is 1. The summed E-state index contributed by atoms with van der Waals surface area (Å²) in [6.07, 6.45) is -0.826. The number of hydrogen-bond acceptors (Lipinski definition) is 3. The molecular formula is C7H11ClO3. The minimum absolute atomic E-state index is 0.206. The summed E-state index contributed by atoms with van der Waals surface area (Å²) in [5, 5.41) is 9.17. The van der Waals surface area contributed by atoms with Crippen LogP contribution in [-0.2, 0) is 9.53 Å². The molecule has 1 saturated heterocycles. The number of aliphatic hydroxyl groups excluding tert-OH is 1. The summed E-state index contributed by atoms with van der Waals surface area (Å²) in [4.78, 5) is 10.1. The molecule has 2 atom stereocenters. The molecule has 1 aliphatic heterocycles. The van der Waals surface area contributed by atoms with Crippen LogP contribution in [-0.4, -0.2) is 22.2 Å². The summed E-state index contributed by atoms with van der Waals surface area (Å²) in [6, 6.07) is 0. The third-order valence-corrected chi connectivity index (χ3v) is 2.15. The van der Waals surface area contributed by atoms with Crippen molar-refractivity contribution in [1.82, 2.24) is 0 Å². The van der Waals surface area contributed by atoms with E-state index in [9.17, 15) is 4.79 Å². The average molecular weight is 179 g/mol. The third kappa shape index (κ3) is 1.84. The summed E-state index contributed by atoms with van der Waals surface area (Å²) in [7, 11) is 0. The summed E-state index contributed by atoms with van der Waals surface area (Å²) in [6.45, 7) is 3.51. The molecule has 0 spiro atoms. The van der Waals surface area contributed by atoms with E-state index in [0.29, 0.717) is 0 Å². The Morgan fingerprint density at radius 3 is 2.45 bits per heavy atom. The predicted molar refractivity (Wildman–Crippen MR) is 40.1 cm³/mol. The van der Waals surface area contributed by atoms with E-state index in [4.69, 9.17) is 16.7 Å². The second-order valence-electron chi connectivity index (χ2n) is 3.26. The van der Waals surface area contributed by atoms with Gasteiger partial charge in [-0.3, -0.25) is 4.79 Å². The second kappa shape index (κ2) is 2.64. The Kier molecular flexibility index (Phi) is 2.12. The summed E-state index contributed by atoms with van der Waals surface area (Å²) < 4.78 is 4.53. The normalized spacial score (nSPS) is 32.2. The lowest BCUT2D eigenvalue weighted by Crippen LogP contribution is -2.31. The van der Waals surface area contributed by atoms with Gasteiger partial charge in [-0.2, -0.15) is 0 Å². The Hall–Kier alpha value is -0.280. The fraction of sp³-hybridized carbons (Fsp3) is 0.857. The fourth-order valence-corrected chi connectivity index (χ4v) is 1.31. The van der Waals surface area contributed by atoms with Crippen LogP contribution in [0.4, 0.5) is 0 Å². The number of rotatable bonds is 1. The zero-order valence-corrected chi connectivity index (χ0v) is 7.26. The molecule has 3 nitrogen and oxygen atoms in total. The highest BCUT2D eigenvalue weighted by molar-refractivity contribution is 6.23. The number of esters is 1. The first-order valence-electron chi connectivity index (χ1n) is 3.47. The van der Waals surface area contributed by atoms with Crippen LogP contribution < -0.4 is 0 Å². The fourth-order valence-electron chi connectivity index (χ4n) is 1.13. The number of hydrogen-bond donors (Lipinski definition) is 1. The molecule has 0 saturated carbocycles. The number of halogens is 1. The minimum atomic E-state index is -1.03. The van der Waals surface area contributed by atoms with Gasteiger partial charge in [-0.25, -0.2) is 0 Å². The van der Waals surface area contributed by atoms with Crippen molar-refractivity contribution in [2.45, 2.75) is 31.4 Å². The second-order valence-corrected chi connectivity index (χ2v) is 4.23. The maximum Gasteiger partial charge on any atom is 0.308 e. The maximum atomic E-state index is 10.7. The Balaban J connectivity index is 2.67. The van der Waals surface area contributed by atoms with E-state index in [1.54, 1.807) is 13.8 Å². The lowest BCUT2D eigenvalue weighted by molar-refractivity contribution is -0.156. The molecule has 0 aromatic heterocycles. The van der Waals surface area contributed by atoms with Crippen LogP contribution in [0, 0.1) is 5.92 Å². The molecule has 11 heavy (non-hydrogen) atoms. The van der Waals surface area contributed by atoms with Gasteiger partial charge in [0.1, 0.15) is 0 Å². The van der Waals surface area contributed by atoms with E-state index >= 15 is 0 Å². The Labute approximate surface area is 70.3 Å². The summed E-state index contributed by atoms with van der Waals surface area (Å²) in [5.74, 6) is -0.673. The monoisotopic (exact) mass is 178 g/mol. The lowest BCUT2D eigenvalue weighted by atomic mass is 9.93. The molecule has 0 radical (unpaired) electrons. The minimum Gasteiger partial charge on any atom is -0.436 e. The van der Waals surface area contributed by atoms with Gasteiger partial charge < -0.3 is 9.84 Å². The molecule has 1 N–H and O–H groups in total. The van der Waals surface area contributed by atoms with Crippen LogP contribution in [0.15, 0.2) is 0 Å². The van der Waals surface area contributed by atoms with Crippen molar-refractivity contribution in [3.63, 3.8) is 0 Å². The summed E-state index contributed by atoms with van der Waals surface area (Å²) in [5.41, 5.74) is 0. The van der Waals surface area contributed by atoms with Crippen molar-refractivity contribution in [3.8, 4) is 0 Å². The molecule has 0 unspecified atom stereocenters. The molecular weight excluding hydrogens is 168 g/mol. The van der Waals surface area contributed by atoms with Crippen LogP contribution >= 0.6 is 11.6 Å². The van der Waals surface area contributed by atoms with Gasteiger partial charge in [0, 0.05) is 4.87 Å². The number of cyclic esters (lactones) is 1. The van der Waals surface area contributed by atoms with Crippen molar-refractivity contribution in [1.29, 1.82) is 0 Å². The maximum absolute atomic E-state index is 10.7. The van der Waals surface area contributed by atoms with Crippen molar-refractivity contribution < 1.29 is 14.6 Å². The van der Waals surface area contributed by atoms with Gasteiger partial charge in [0.15, 0.2) is 0 Å². The molecule has 1 aliphatic rings. The van der Waals surface area contributed by atoms with E-state index in [2.05, 4.69) is 4.74 Å². The van der Waals surface area contributed by atoms with E-state index in [1.165, 1.54) is 0 Å². The first-order chi connectivity index (χ1) is 4.91. The third-order valence-electron chi connectivity index (χ3n) is 1.86. The van der Waals surface area contributed by atoms with Gasteiger partial charge in [-0.05, 0) is 13.8 Å². The molecule has 1 fully saturated rings. The standard InChI is InChI=1S/C7H11ClO3/c1-7(2,8)4-3-5(9)11-6(4)10/h4,6,10H,3H2,1-2H3/t4-,6-/m1/s1. The molecule has 64 valence electrons. The first-order valence-corrected chi connectivity index (χ1v) is 3.85. The zero-order chi connectivity index (χ0) is 8.65. The first kappa shape index (κ1) is 8.81. The number of carbonyl (C=O) groups excluding carboxylic acids is 1. The average Bonchev–Trinajstić information content (AvgIpc) is 2.08. The van der Waals surface area contributed by atoms with Crippen molar-refractivity contribution in [2.75, 3.05) is 0 Å². The molecule has 0 aromatic rings. The van der Waals surface area contributed by atoms with Gasteiger partial charge in [0.05, 0.1) is 12.3 Å². The van der Waals surface area contributed by atoms with Crippen LogP contribution in [0.5, 0.6) is 0 Å². The zero-order valence-electron chi connectivity index (χ0n) is 6.50. The predicted octanol–water partition coefficient (Wildman–Crippen LogP) is 0.885. The molecule has 0 aliphatic carbocycles. The smallest absolute Gasteiger partial charge is 0.308 e. The largest absolute Gasteiger partial charge is 0.436 e. The number of ether oxygens (including phenoxy) is 1. The Morgan fingerprint density at radius 1 is 1.73 bits per heavy atom. The molecule has 1 heterocycles. The highest BCUT2D eigenvalue weighted by Crippen LogP contribution is 2.34. The highest BCUT2D eigenvalue weighted by atomic mass is 35.5. The lowest BCUT2D eigenvalue weighted by Gasteiger charge is -2.23. The van der Waals surface area contributed by atoms with Gasteiger partial charge in [-0.1, -0.05) is 0 Å². The SMILES string of the molecule is CC(C)(Cl)[C@@H]1CC(=O)O[C@H]1O. The van der Waals surface area contributed by atoms with Gasteiger partial charge in [0.2, 0.25) is 6.29 Å². The van der Waals surface area contributed by atoms with Crippen LogP contribution in [0.25, 0.3) is 0 Å². The molecule has 0 bridgehead atoms. The van der Waals surface area contributed by atoms with Gasteiger partial charge >= 0.3 is 5.97 Å². The molecule has 4 heteroatoms. The summed E-state index contributed by atoms with van der Waals surface area (Å²) >= 11 is 5.91. The van der Waals surface area contributed by atoms with Crippen LogP contribution in [0.3, 0.4) is 0 Å². The van der Waals surface area contributed by atoms with Crippen molar-refractivity contribution in [2.24, 2.45) is 5.92 Å². The van der Waals surface area contributed by atoms with E-state index in [-0.39, 0.29) is 18.3 Å². The molecule has 0 aromatic carbocycles. The van der Waals surface area contributed by atoms with Crippen LogP contribution in [0.2, 0.25) is 0 Å². The van der Waals surface area contributed by atoms with E-state index in [0.717, 1.165) is 0 Å².